The fourth-order valence-corrected chi connectivity index (χ4v) is 3.54. The van der Waals surface area contributed by atoms with Gasteiger partial charge in [0, 0.05) is 5.02 Å². The van der Waals surface area contributed by atoms with Gasteiger partial charge in [0.25, 0.3) is 5.56 Å². The molecule has 7 heteroatoms. The molecule has 0 fully saturated rings. The SMILES string of the molecule is CCCCOC(=O)CSc1nc2ccccc2c(=O)n1-c1cccc(Cl)c1. The molecule has 0 atom stereocenters. The van der Waals surface area contributed by atoms with E-state index < -0.39 is 0 Å². The molecule has 140 valence electrons. The summed E-state index contributed by atoms with van der Waals surface area (Å²) >= 11 is 7.28. The van der Waals surface area contributed by atoms with Gasteiger partial charge in [-0.3, -0.25) is 14.2 Å². The number of ether oxygens (including phenoxy) is 1. The Labute approximate surface area is 166 Å². The Bertz CT molecular complexity index is 1020. The normalized spacial score (nSPS) is 10.9. The summed E-state index contributed by atoms with van der Waals surface area (Å²) in [4.78, 5) is 29.6. The predicted molar refractivity (Wildman–Crippen MR) is 109 cm³/mol. The van der Waals surface area contributed by atoms with Crippen LogP contribution < -0.4 is 5.56 Å². The Morgan fingerprint density at radius 2 is 2.04 bits per heavy atom. The molecule has 5 nitrogen and oxygen atoms in total. The summed E-state index contributed by atoms with van der Waals surface area (Å²) in [6, 6.07) is 14.1. The molecule has 1 heterocycles. The average molecular weight is 403 g/mol. The zero-order valence-corrected chi connectivity index (χ0v) is 16.4. The molecule has 0 amide bonds. The highest BCUT2D eigenvalue weighted by Crippen LogP contribution is 2.23. The van der Waals surface area contributed by atoms with Crippen LogP contribution in [0.25, 0.3) is 16.6 Å². The highest BCUT2D eigenvalue weighted by molar-refractivity contribution is 7.99. The van der Waals surface area contributed by atoms with Crippen LogP contribution in [0.4, 0.5) is 0 Å². The van der Waals surface area contributed by atoms with Gasteiger partial charge in [-0.05, 0) is 36.8 Å². The van der Waals surface area contributed by atoms with E-state index in [9.17, 15) is 9.59 Å². The van der Waals surface area contributed by atoms with Crippen LogP contribution in [0, 0.1) is 0 Å². The van der Waals surface area contributed by atoms with Gasteiger partial charge in [0.15, 0.2) is 5.16 Å². The number of hydrogen-bond donors (Lipinski definition) is 0. The molecule has 0 radical (unpaired) electrons. The minimum absolute atomic E-state index is 0.0784. The maximum Gasteiger partial charge on any atom is 0.316 e. The van der Waals surface area contributed by atoms with Gasteiger partial charge >= 0.3 is 5.97 Å². The van der Waals surface area contributed by atoms with Crippen molar-refractivity contribution in [2.45, 2.75) is 24.9 Å². The molecule has 0 unspecified atom stereocenters. The van der Waals surface area contributed by atoms with Crippen molar-refractivity contribution in [3.63, 3.8) is 0 Å². The molecule has 2 aromatic carbocycles. The van der Waals surface area contributed by atoms with E-state index in [1.165, 1.54) is 16.3 Å². The summed E-state index contributed by atoms with van der Waals surface area (Å²) in [5.74, 6) is -0.247. The summed E-state index contributed by atoms with van der Waals surface area (Å²) in [6.45, 7) is 2.44. The van der Waals surface area contributed by atoms with E-state index in [2.05, 4.69) is 4.98 Å². The van der Waals surface area contributed by atoms with E-state index in [0.29, 0.717) is 33.4 Å². The maximum atomic E-state index is 13.1. The number of hydrogen-bond acceptors (Lipinski definition) is 5. The summed E-state index contributed by atoms with van der Waals surface area (Å²) in [7, 11) is 0. The molecule has 27 heavy (non-hydrogen) atoms. The van der Waals surface area contributed by atoms with Gasteiger partial charge in [0.2, 0.25) is 0 Å². The number of rotatable bonds is 7. The molecular weight excluding hydrogens is 384 g/mol. The van der Waals surface area contributed by atoms with Crippen molar-refractivity contribution in [3.8, 4) is 5.69 Å². The lowest BCUT2D eigenvalue weighted by atomic mass is 10.2. The van der Waals surface area contributed by atoms with Crippen LogP contribution in [-0.4, -0.2) is 27.9 Å². The third-order valence-electron chi connectivity index (χ3n) is 3.89. The fraction of sp³-hybridized carbons (Fsp3) is 0.250. The Morgan fingerprint density at radius 3 is 2.81 bits per heavy atom. The van der Waals surface area contributed by atoms with Crippen LogP contribution in [-0.2, 0) is 9.53 Å². The van der Waals surface area contributed by atoms with Crippen LogP contribution in [0.1, 0.15) is 19.8 Å². The first-order chi connectivity index (χ1) is 13.1. The zero-order valence-electron chi connectivity index (χ0n) is 14.9. The third-order valence-corrected chi connectivity index (χ3v) is 5.04. The number of fused-ring (bicyclic) bond motifs is 1. The van der Waals surface area contributed by atoms with E-state index in [1.54, 1.807) is 42.5 Å². The largest absolute Gasteiger partial charge is 0.465 e. The van der Waals surface area contributed by atoms with Gasteiger partial charge in [0.05, 0.1) is 29.0 Å². The van der Waals surface area contributed by atoms with Crippen molar-refractivity contribution >= 4 is 40.2 Å². The summed E-state index contributed by atoms with van der Waals surface area (Å²) in [5, 5.41) is 1.45. The molecule has 0 aliphatic heterocycles. The minimum atomic E-state index is -0.325. The first-order valence-corrected chi connectivity index (χ1v) is 10.0. The topological polar surface area (TPSA) is 61.2 Å². The number of carbonyl (C=O) groups excluding carboxylic acids is 1. The maximum absolute atomic E-state index is 13.1. The second-order valence-corrected chi connectivity index (χ2v) is 7.27. The molecule has 0 spiro atoms. The highest BCUT2D eigenvalue weighted by atomic mass is 35.5. The van der Waals surface area contributed by atoms with Crippen molar-refractivity contribution < 1.29 is 9.53 Å². The average Bonchev–Trinajstić information content (AvgIpc) is 2.66. The molecule has 0 N–H and O–H groups in total. The Hall–Kier alpha value is -2.31. The van der Waals surface area contributed by atoms with Gasteiger partial charge in [-0.25, -0.2) is 4.98 Å². The molecule has 0 aliphatic rings. The summed E-state index contributed by atoms with van der Waals surface area (Å²) in [5.41, 5.74) is 0.986. The zero-order chi connectivity index (χ0) is 19.2. The lowest BCUT2D eigenvalue weighted by Crippen LogP contribution is -2.22. The van der Waals surface area contributed by atoms with Crippen molar-refractivity contribution in [1.29, 1.82) is 0 Å². The number of benzene rings is 2. The number of carbonyl (C=O) groups is 1. The number of nitrogens with zero attached hydrogens (tertiary/aromatic N) is 2. The quantitative estimate of drug-likeness (QED) is 0.252. The van der Waals surface area contributed by atoms with Crippen LogP contribution in [0.5, 0.6) is 0 Å². The number of thioether (sulfide) groups is 1. The van der Waals surface area contributed by atoms with Crippen LogP contribution in [0.2, 0.25) is 5.02 Å². The number of halogens is 1. The number of unbranched alkanes of at least 4 members (excludes halogenated alkanes) is 1. The standard InChI is InChI=1S/C20H19ClN2O3S/c1-2-3-11-26-18(24)13-27-20-22-17-10-5-4-9-16(17)19(25)23(20)15-8-6-7-14(21)12-15/h4-10,12H,2-3,11,13H2,1H3. The molecule has 3 rings (SSSR count). The third kappa shape index (κ3) is 4.70. The summed E-state index contributed by atoms with van der Waals surface area (Å²) in [6.07, 6.45) is 1.79. The van der Waals surface area contributed by atoms with Gasteiger partial charge in [-0.2, -0.15) is 0 Å². The predicted octanol–water partition coefficient (Wildman–Crippen LogP) is 4.47. The van der Waals surface area contributed by atoms with Gasteiger partial charge in [-0.1, -0.05) is 54.9 Å². The van der Waals surface area contributed by atoms with Crippen molar-refractivity contribution in [2.75, 3.05) is 12.4 Å². The van der Waals surface area contributed by atoms with Gasteiger partial charge < -0.3 is 4.74 Å². The molecule has 0 aliphatic carbocycles. The molecule has 0 bridgehead atoms. The Kier molecular flexibility index (Phi) is 6.53. The lowest BCUT2D eigenvalue weighted by molar-refractivity contribution is -0.140. The molecule has 0 saturated heterocycles. The smallest absolute Gasteiger partial charge is 0.316 e. The highest BCUT2D eigenvalue weighted by Gasteiger charge is 2.15. The van der Waals surface area contributed by atoms with E-state index in [-0.39, 0.29) is 17.3 Å². The van der Waals surface area contributed by atoms with Crippen LogP contribution in [0.3, 0.4) is 0 Å². The van der Waals surface area contributed by atoms with Crippen molar-refractivity contribution in [3.05, 3.63) is 63.9 Å². The van der Waals surface area contributed by atoms with E-state index in [1.807, 2.05) is 13.0 Å². The number of para-hydroxylation sites is 1. The second kappa shape index (κ2) is 9.06. The summed E-state index contributed by atoms with van der Waals surface area (Å²) < 4.78 is 6.67. The first kappa shape index (κ1) is 19.5. The van der Waals surface area contributed by atoms with E-state index in [0.717, 1.165) is 12.8 Å². The van der Waals surface area contributed by atoms with Crippen molar-refractivity contribution in [1.82, 2.24) is 9.55 Å². The van der Waals surface area contributed by atoms with Gasteiger partial charge in [0.1, 0.15) is 0 Å². The number of aromatic nitrogens is 2. The molecular formula is C20H19ClN2O3S. The van der Waals surface area contributed by atoms with Gasteiger partial charge in [-0.15, -0.1) is 0 Å². The van der Waals surface area contributed by atoms with E-state index in [4.69, 9.17) is 16.3 Å². The lowest BCUT2D eigenvalue weighted by Gasteiger charge is -2.13. The molecule has 0 saturated carbocycles. The monoisotopic (exact) mass is 402 g/mol. The van der Waals surface area contributed by atoms with Crippen molar-refractivity contribution in [2.24, 2.45) is 0 Å². The second-order valence-electron chi connectivity index (χ2n) is 5.89. The molecule has 3 aromatic rings. The Morgan fingerprint density at radius 1 is 1.22 bits per heavy atom. The van der Waals surface area contributed by atoms with Crippen LogP contribution in [0.15, 0.2) is 58.5 Å². The fourth-order valence-electron chi connectivity index (χ4n) is 2.55. The molecule has 1 aromatic heterocycles. The Balaban J connectivity index is 1.98. The van der Waals surface area contributed by atoms with E-state index >= 15 is 0 Å². The first-order valence-electron chi connectivity index (χ1n) is 8.66. The van der Waals surface area contributed by atoms with Crippen LogP contribution >= 0.6 is 23.4 Å². The minimum Gasteiger partial charge on any atom is -0.465 e. The number of esters is 1.